The van der Waals surface area contributed by atoms with Gasteiger partial charge in [0.2, 0.25) is 5.91 Å². The summed E-state index contributed by atoms with van der Waals surface area (Å²) < 4.78 is 5.00. The number of rotatable bonds is 7. The number of nitrogens with one attached hydrogen (secondary N) is 2. The molecule has 5 nitrogen and oxygen atoms in total. The van der Waals surface area contributed by atoms with Crippen LogP contribution >= 0.6 is 0 Å². The Hall–Kier alpha value is -1.62. The molecule has 1 fully saturated rings. The summed E-state index contributed by atoms with van der Waals surface area (Å²) in [5, 5.41) is 6.19. The van der Waals surface area contributed by atoms with Crippen molar-refractivity contribution in [1.29, 1.82) is 0 Å². The van der Waals surface area contributed by atoms with Crippen molar-refractivity contribution in [2.24, 2.45) is 5.92 Å². The SMILES string of the molecule is COCCCNc1ccc(NC(=O)C2CCCCC2)nc1. The van der Waals surface area contributed by atoms with E-state index in [1.165, 1.54) is 6.42 Å². The molecule has 1 aliphatic rings. The minimum absolute atomic E-state index is 0.114. The second-order valence-corrected chi connectivity index (χ2v) is 5.53. The molecule has 0 saturated heterocycles. The summed E-state index contributed by atoms with van der Waals surface area (Å²) in [6.45, 7) is 1.60. The maximum atomic E-state index is 12.1. The molecule has 0 atom stereocenters. The number of anilines is 2. The number of pyridine rings is 1. The highest BCUT2D eigenvalue weighted by molar-refractivity contribution is 5.91. The van der Waals surface area contributed by atoms with Gasteiger partial charge in [-0.2, -0.15) is 0 Å². The number of carbonyl (C=O) groups is 1. The fraction of sp³-hybridized carbons (Fsp3) is 0.625. The molecule has 1 saturated carbocycles. The molecule has 5 heteroatoms. The summed E-state index contributed by atoms with van der Waals surface area (Å²) in [5.74, 6) is 0.906. The normalized spacial score (nSPS) is 15.7. The van der Waals surface area contributed by atoms with Crippen LogP contribution in [0.3, 0.4) is 0 Å². The molecule has 0 bridgehead atoms. The Morgan fingerprint density at radius 1 is 1.33 bits per heavy atom. The van der Waals surface area contributed by atoms with E-state index in [0.29, 0.717) is 5.82 Å². The average molecular weight is 291 g/mol. The van der Waals surface area contributed by atoms with E-state index in [-0.39, 0.29) is 11.8 Å². The van der Waals surface area contributed by atoms with Gasteiger partial charge in [-0.05, 0) is 31.4 Å². The number of hydrogen-bond acceptors (Lipinski definition) is 4. The number of amides is 1. The summed E-state index contributed by atoms with van der Waals surface area (Å²) in [6, 6.07) is 3.79. The highest BCUT2D eigenvalue weighted by Gasteiger charge is 2.21. The van der Waals surface area contributed by atoms with Crippen molar-refractivity contribution in [3.63, 3.8) is 0 Å². The molecule has 1 aromatic heterocycles. The zero-order valence-corrected chi connectivity index (χ0v) is 12.7. The maximum Gasteiger partial charge on any atom is 0.228 e. The lowest BCUT2D eigenvalue weighted by molar-refractivity contribution is -0.120. The lowest BCUT2D eigenvalue weighted by Gasteiger charge is -2.20. The topological polar surface area (TPSA) is 63.2 Å². The summed E-state index contributed by atoms with van der Waals surface area (Å²) in [7, 11) is 1.70. The number of carbonyl (C=O) groups excluding carboxylic acids is 1. The Morgan fingerprint density at radius 2 is 2.14 bits per heavy atom. The van der Waals surface area contributed by atoms with Gasteiger partial charge in [-0.15, -0.1) is 0 Å². The van der Waals surface area contributed by atoms with E-state index in [4.69, 9.17) is 4.74 Å². The van der Waals surface area contributed by atoms with Gasteiger partial charge in [0.05, 0.1) is 11.9 Å². The Morgan fingerprint density at radius 3 is 2.81 bits per heavy atom. The van der Waals surface area contributed by atoms with Crippen molar-refractivity contribution < 1.29 is 9.53 Å². The standard InChI is InChI=1S/C16H25N3O2/c1-21-11-5-10-17-14-8-9-15(18-12-14)19-16(20)13-6-3-2-4-7-13/h8-9,12-13,17H,2-7,10-11H2,1H3,(H,18,19,20). The minimum atomic E-state index is 0.114. The maximum absolute atomic E-state index is 12.1. The third kappa shape index (κ3) is 5.34. The molecule has 0 aliphatic heterocycles. The highest BCUT2D eigenvalue weighted by Crippen LogP contribution is 2.24. The molecule has 1 aromatic rings. The van der Waals surface area contributed by atoms with Crippen molar-refractivity contribution in [2.45, 2.75) is 38.5 Å². The second-order valence-electron chi connectivity index (χ2n) is 5.53. The molecule has 0 unspecified atom stereocenters. The van der Waals surface area contributed by atoms with E-state index in [0.717, 1.165) is 50.9 Å². The lowest BCUT2D eigenvalue weighted by atomic mass is 9.89. The molecule has 1 amide bonds. The van der Waals surface area contributed by atoms with Gasteiger partial charge in [-0.3, -0.25) is 4.79 Å². The van der Waals surface area contributed by atoms with Gasteiger partial charge in [0.1, 0.15) is 5.82 Å². The summed E-state index contributed by atoms with van der Waals surface area (Å²) in [5.41, 5.74) is 0.960. The predicted octanol–water partition coefficient (Wildman–Crippen LogP) is 3.05. The molecule has 0 spiro atoms. The van der Waals surface area contributed by atoms with Crippen LogP contribution in [0.1, 0.15) is 38.5 Å². The van der Waals surface area contributed by atoms with Crippen LogP contribution < -0.4 is 10.6 Å². The van der Waals surface area contributed by atoms with Crippen LogP contribution in [0.2, 0.25) is 0 Å². The van der Waals surface area contributed by atoms with Crippen LogP contribution in [0, 0.1) is 5.92 Å². The van der Waals surface area contributed by atoms with Gasteiger partial charge in [0.15, 0.2) is 0 Å². The molecule has 116 valence electrons. The number of aromatic nitrogens is 1. The molecule has 0 radical (unpaired) electrons. The smallest absolute Gasteiger partial charge is 0.228 e. The van der Waals surface area contributed by atoms with Crippen LogP contribution in [0.15, 0.2) is 18.3 Å². The molecular formula is C16H25N3O2. The third-order valence-corrected chi connectivity index (χ3v) is 3.85. The van der Waals surface area contributed by atoms with E-state index < -0.39 is 0 Å². The fourth-order valence-corrected chi connectivity index (χ4v) is 2.61. The first-order valence-corrected chi connectivity index (χ1v) is 7.79. The quantitative estimate of drug-likeness (QED) is 0.758. The van der Waals surface area contributed by atoms with Crippen LogP contribution in [0.4, 0.5) is 11.5 Å². The van der Waals surface area contributed by atoms with Crippen LogP contribution in [0.5, 0.6) is 0 Å². The fourth-order valence-electron chi connectivity index (χ4n) is 2.61. The minimum Gasteiger partial charge on any atom is -0.385 e. The molecule has 1 heterocycles. The van der Waals surface area contributed by atoms with E-state index in [2.05, 4.69) is 15.6 Å². The Balaban J connectivity index is 1.77. The Labute approximate surface area is 126 Å². The van der Waals surface area contributed by atoms with E-state index >= 15 is 0 Å². The van der Waals surface area contributed by atoms with Gasteiger partial charge in [0, 0.05) is 26.2 Å². The number of hydrogen-bond donors (Lipinski definition) is 2. The summed E-state index contributed by atoms with van der Waals surface area (Å²) in [6.07, 6.45) is 8.30. The third-order valence-electron chi connectivity index (χ3n) is 3.85. The zero-order valence-electron chi connectivity index (χ0n) is 12.7. The predicted molar refractivity (Wildman–Crippen MR) is 84.4 cm³/mol. The van der Waals surface area contributed by atoms with Crippen molar-refractivity contribution in [1.82, 2.24) is 4.98 Å². The average Bonchev–Trinajstić information content (AvgIpc) is 2.54. The number of methoxy groups -OCH3 is 1. The molecule has 21 heavy (non-hydrogen) atoms. The highest BCUT2D eigenvalue weighted by atomic mass is 16.5. The van der Waals surface area contributed by atoms with E-state index in [1.54, 1.807) is 13.3 Å². The Bertz CT molecular complexity index is 428. The lowest BCUT2D eigenvalue weighted by Crippen LogP contribution is -2.25. The first-order valence-electron chi connectivity index (χ1n) is 7.79. The van der Waals surface area contributed by atoms with Gasteiger partial charge >= 0.3 is 0 Å². The zero-order chi connectivity index (χ0) is 14.9. The molecule has 2 rings (SSSR count). The van der Waals surface area contributed by atoms with Crippen LogP contribution in [0.25, 0.3) is 0 Å². The first kappa shape index (κ1) is 15.8. The van der Waals surface area contributed by atoms with Gasteiger partial charge < -0.3 is 15.4 Å². The summed E-state index contributed by atoms with van der Waals surface area (Å²) in [4.78, 5) is 16.4. The van der Waals surface area contributed by atoms with Crippen molar-refractivity contribution >= 4 is 17.4 Å². The van der Waals surface area contributed by atoms with Gasteiger partial charge in [-0.1, -0.05) is 19.3 Å². The second kappa shape index (κ2) is 8.62. The number of nitrogens with zero attached hydrogens (tertiary/aromatic N) is 1. The first-order chi connectivity index (χ1) is 10.3. The van der Waals surface area contributed by atoms with E-state index in [9.17, 15) is 4.79 Å². The van der Waals surface area contributed by atoms with Crippen LogP contribution in [-0.2, 0) is 9.53 Å². The van der Waals surface area contributed by atoms with E-state index in [1.807, 2.05) is 12.1 Å². The van der Waals surface area contributed by atoms with Gasteiger partial charge in [0.25, 0.3) is 0 Å². The van der Waals surface area contributed by atoms with Crippen molar-refractivity contribution in [2.75, 3.05) is 30.9 Å². The van der Waals surface area contributed by atoms with Crippen LogP contribution in [-0.4, -0.2) is 31.2 Å². The van der Waals surface area contributed by atoms with Crippen molar-refractivity contribution in [3.05, 3.63) is 18.3 Å². The molecule has 1 aliphatic carbocycles. The largest absolute Gasteiger partial charge is 0.385 e. The monoisotopic (exact) mass is 291 g/mol. The molecule has 2 N–H and O–H groups in total. The van der Waals surface area contributed by atoms with Crippen molar-refractivity contribution in [3.8, 4) is 0 Å². The van der Waals surface area contributed by atoms with Gasteiger partial charge in [-0.25, -0.2) is 4.98 Å². The number of ether oxygens (including phenoxy) is 1. The molecular weight excluding hydrogens is 266 g/mol. The summed E-state index contributed by atoms with van der Waals surface area (Å²) >= 11 is 0. The Kier molecular flexibility index (Phi) is 6.47. The molecule has 0 aromatic carbocycles.